The number of oxime groups is 1. The van der Waals surface area contributed by atoms with Crippen molar-refractivity contribution in [3.8, 4) is 0 Å². The van der Waals surface area contributed by atoms with E-state index < -0.39 is 5.41 Å². The number of nitrogens with zero attached hydrogens (tertiary/aromatic N) is 1. The summed E-state index contributed by atoms with van der Waals surface area (Å²) >= 11 is 0. The Morgan fingerprint density at radius 1 is 1.32 bits per heavy atom. The highest BCUT2D eigenvalue weighted by molar-refractivity contribution is 6.07. The Balaban J connectivity index is 2.02. The number of nitrogens with two attached hydrogens (primary N) is 1. The van der Waals surface area contributed by atoms with Gasteiger partial charge in [0, 0.05) is 6.54 Å². The SMILES string of the molecule is CC(C)C1(CNC(=O)C2(C(N)=NO)CCCC2)CC1. The molecule has 0 aliphatic heterocycles. The van der Waals surface area contributed by atoms with Gasteiger partial charge in [0.05, 0.1) is 0 Å². The highest BCUT2D eigenvalue weighted by Gasteiger charge is 2.49. The van der Waals surface area contributed by atoms with Crippen LogP contribution in [0, 0.1) is 16.7 Å². The van der Waals surface area contributed by atoms with E-state index in [-0.39, 0.29) is 17.2 Å². The van der Waals surface area contributed by atoms with Crippen molar-refractivity contribution >= 4 is 11.7 Å². The molecule has 0 heterocycles. The molecule has 0 atom stereocenters. The molecular formula is C14H25N3O2. The lowest BCUT2D eigenvalue weighted by atomic mass is 9.83. The zero-order valence-corrected chi connectivity index (χ0v) is 11.9. The summed E-state index contributed by atoms with van der Waals surface area (Å²) < 4.78 is 0. The molecule has 0 unspecified atom stereocenters. The normalized spacial score (nSPS) is 24.5. The molecule has 2 fully saturated rings. The van der Waals surface area contributed by atoms with Crippen LogP contribution in [0.3, 0.4) is 0 Å². The molecule has 2 aliphatic carbocycles. The summed E-state index contributed by atoms with van der Waals surface area (Å²) in [5, 5.41) is 15.1. The minimum absolute atomic E-state index is 0.0628. The summed E-state index contributed by atoms with van der Waals surface area (Å²) in [6.45, 7) is 5.12. The molecule has 0 radical (unpaired) electrons. The number of amides is 1. The van der Waals surface area contributed by atoms with Gasteiger partial charge in [-0.15, -0.1) is 0 Å². The van der Waals surface area contributed by atoms with E-state index in [4.69, 9.17) is 10.9 Å². The quantitative estimate of drug-likeness (QED) is 0.307. The predicted octanol–water partition coefficient (Wildman–Crippen LogP) is 1.85. The third-order valence-corrected chi connectivity index (χ3v) is 5.21. The van der Waals surface area contributed by atoms with E-state index in [2.05, 4.69) is 24.3 Å². The number of nitrogens with one attached hydrogen (secondary N) is 1. The van der Waals surface area contributed by atoms with Crippen LogP contribution in [0.1, 0.15) is 52.4 Å². The molecule has 0 bridgehead atoms. The number of amidine groups is 1. The van der Waals surface area contributed by atoms with E-state index in [0.717, 1.165) is 12.8 Å². The van der Waals surface area contributed by atoms with Crippen molar-refractivity contribution in [3.63, 3.8) is 0 Å². The maximum Gasteiger partial charge on any atom is 0.233 e. The largest absolute Gasteiger partial charge is 0.409 e. The average Bonchev–Trinajstić information content (AvgIpc) is 3.04. The second-order valence-corrected chi connectivity index (χ2v) is 6.47. The van der Waals surface area contributed by atoms with Crippen molar-refractivity contribution in [2.75, 3.05) is 6.54 Å². The van der Waals surface area contributed by atoms with Gasteiger partial charge in [0.25, 0.3) is 0 Å². The molecule has 2 rings (SSSR count). The van der Waals surface area contributed by atoms with E-state index in [1.165, 1.54) is 12.8 Å². The molecular weight excluding hydrogens is 242 g/mol. The van der Waals surface area contributed by atoms with Crippen LogP contribution in [0.4, 0.5) is 0 Å². The first kappa shape index (κ1) is 14.2. The fraction of sp³-hybridized carbons (Fsp3) is 0.857. The Morgan fingerprint density at radius 3 is 2.32 bits per heavy atom. The Bertz CT molecular complexity index is 380. The second-order valence-electron chi connectivity index (χ2n) is 6.47. The molecule has 2 saturated carbocycles. The minimum atomic E-state index is -0.776. The van der Waals surface area contributed by atoms with Gasteiger partial charge in [-0.25, -0.2) is 0 Å². The van der Waals surface area contributed by atoms with Crippen molar-refractivity contribution in [2.45, 2.75) is 52.4 Å². The maximum atomic E-state index is 12.5. The smallest absolute Gasteiger partial charge is 0.233 e. The zero-order chi connectivity index (χ0) is 14.1. The summed E-state index contributed by atoms with van der Waals surface area (Å²) in [7, 11) is 0. The van der Waals surface area contributed by atoms with Gasteiger partial charge in [0.2, 0.25) is 5.91 Å². The Morgan fingerprint density at radius 2 is 1.89 bits per heavy atom. The second kappa shape index (κ2) is 5.02. The molecule has 0 aromatic heterocycles. The maximum absolute atomic E-state index is 12.5. The van der Waals surface area contributed by atoms with Crippen LogP contribution in [-0.2, 0) is 4.79 Å². The average molecular weight is 267 g/mol. The first-order chi connectivity index (χ1) is 8.97. The third-order valence-electron chi connectivity index (χ3n) is 5.21. The van der Waals surface area contributed by atoms with Gasteiger partial charge in [-0.2, -0.15) is 0 Å². The number of hydrogen-bond donors (Lipinski definition) is 3. The third kappa shape index (κ3) is 2.42. The van der Waals surface area contributed by atoms with Gasteiger partial charge in [-0.05, 0) is 37.0 Å². The summed E-state index contributed by atoms with van der Waals surface area (Å²) in [6, 6.07) is 0. The summed E-state index contributed by atoms with van der Waals surface area (Å²) in [5.41, 5.74) is 5.27. The van der Waals surface area contributed by atoms with E-state index >= 15 is 0 Å². The molecule has 0 saturated heterocycles. The van der Waals surface area contributed by atoms with E-state index in [1.807, 2.05) is 0 Å². The Labute approximate surface area is 114 Å². The van der Waals surface area contributed by atoms with E-state index in [0.29, 0.717) is 25.3 Å². The Kier molecular flexibility index (Phi) is 3.74. The molecule has 5 heteroatoms. The topological polar surface area (TPSA) is 87.7 Å². The molecule has 0 spiro atoms. The van der Waals surface area contributed by atoms with Gasteiger partial charge < -0.3 is 16.3 Å². The molecule has 1 amide bonds. The molecule has 0 aromatic carbocycles. The fourth-order valence-electron chi connectivity index (χ4n) is 3.22. The monoisotopic (exact) mass is 267 g/mol. The fourth-order valence-corrected chi connectivity index (χ4v) is 3.22. The lowest BCUT2D eigenvalue weighted by Gasteiger charge is -2.28. The van der Waals surface area contributed by atoms with Crippen molar-refractivity contribution in [2.24, 2.45) is 27.6 Å². The standard InChI is InChI=1S/C14H25N3O2/c1-10(2)13(7-8-13)9-16-12(18)14(11(15)17-19)5-3-4-6-14/h10,19H,3-9H2,1-2H3,(H2,15,17)(H,16,18). The lowest BCUT2D eigenvalue weighted by molar-refractivity contribution is -0.127. The highest BCUT2D eigenvalue weighted by Crippen LogP contribution is 2.51. The number of carbonyl (C=O) groups is 1. The molecule has 19 heavy (non-hydrogen) atoms. The van der Waals surface area contributed by atoms with Gasteiger partial charge >= 0.3 is 0 Å². The highest BCUT2D eigenvalue weighted by atomic mass is 16.4. The van der Waals surface area contributed by atoms with Crippen molar-refractivity contribution in [1.29, 1.82) is 0 Å². The summed E-state index contributed by atoms with van der Waals surface area (Å²) in [4.78, 5) is 12.5. The summed E-state index contributed by atoms with van der Waals surface area (Å²) in [6.07, 6.45) is 5.65. The number of carbonyl (C=O) groups excluding carboxylic acids is 1. The first-order valence-corrected chi connectivity index (χ1v) is 7.23. The minimum Gasteiger partial charge on any atom is -0.409 e. The van der Waals surface area contributed by atoms with Crippen LogP contribution in [0.25, 0.3) is 0 Å². The van der Waals surface area contributed by atoms with Crippen molar-refractivity contribution < 1.29 is 10.0 Å². The van der Waals surface area contributed by atoms with E-state index in [9.17, 15) is 4.79 Å². The Hall–Kier alpha value is -1.26. The van der Waals surface area contributed by atoms with Gasteiger partial charge in [-0.3, -0.25) is 4.79 Å². The zero-order valence-electron chi connectivity index (χ0n) is 11.9. The van der Waals surface area contributed by atoms with Crippen molar-refractivity contribution in [1.82, 2.24) is 5.32 Å². The van der Waals surface area contributed by atoms with Crippen LogP contribution in [0.15, 0.2) is 5.16 Å². The first-order valence-electron chi connectivity index (χ1n) is 7.23. The molecule has 0 aromatic rings. The van der Waals surface area contributed by atoms with Crippen LogP contribution in [0.5, 0.6) is 0 Å². The molecule has 4 N–H and O–H groups in total. The van der Waals surface area contributed by atoms with Crippen LogP contribution < -0.4 is 11.1 Å². The van der Waals surface area contributed by atoms with Gasteiger partial charge in [0.1, 0.15) is 5.41 Å². The molecule has 108 valence electrons. The predicted molar refractivity (Wildman–Crippen MR) is 73.8 cm³/mol. The lowest BCUT2D eigenvalue weighted by Crippen LogP contribution is -2.49. The van der Waals surface area contributed by atoms with Crippen molar-refractivity contribution in [3.05, 3.63) is 0 Å². The van der Waals surface area contributed by atoms with Crippen LogP contribution in [0.2, 0.25) is 0 Å². The van der Waals surface area contributed by atoms with E-state index in [1.54, 1.807) is 0 Å². The van der Waals surface area contributed by atoms with Crippen LogP contribution in [-0.4, -0.2) is 23.5 Å². The van der Waals surface area contributed by atoms with Crippen LogP contribution >= 0.6 is 0 Å². The molecule has 5 nitrogen and oxygen atoms in total. The molecule has 2 aliphatic rings. The summed E-state index contributed by atoms with van der Waals surface area (Å²) in [5.74, 6) is 0.584. The van der Waals surface area contributed by atoms with Gasteiger partial charge in [0.15, 0.2) is 5.84 Å². The van der Waals surface area contributed by atoms with Gasteiger partial charge in [-0.1, -0.05) is 31.8 Å². The number of hydrogen-bond acceptors (Lipinski definition) is 3. The number of rotatable bonds is 5.